The SMILES string of the molecule is CCCN(CCO)c1ccc([C@H](O)CC)nc1. The number of rotatable bonds is 7. The minimum absolute atomic E-state index is 0.138. The summed E-state index contributed by atoms with van der Waals surface area (Å²) in [5.41, 5.74) is 1.70. The molecule has 4 nitrogen and oxygen atoms in total. The molecular weight excluding hydrogens is 216 g/mol. The van der Waals surface area contributed by atoms with Crippen LogP contribution in [0.3, 0.4) is 0 Å². The van der Waals surface area contributed by atoms with Gasteiger partial charge in [-0.2, -0.15) is 0 Å². The van der Waals surface area contributed by atoms with Crippen LogP contribution in [-0.4, -0.2) is 34.9 Å². The third-order valence-electron chi connectivity index (χ3n) is 2.73. The molecule has 0 amide bonds. The summed E-state index contributed by atoms with van der Waals surface area (Å²) in [6.07, 6.45) is 2.97. The van der Waals surface area contributed by atoms with Crippen molar-refractivity contribution in [2.45, 2.75) is 32.8 Å². The zero-order valence-electron chi connectivity index (χ0n) is 10.6. The number of aliphatic hydroxyl groups is 2. The molecule has 1 aromatic rings. The number of pyridine rings is 1. The van der Waals surface area contributed by atoms with Crippen molar-refractivity contribution in [1.82, 2.24) is 4.98 Å². The minimum Gasteiger partial charge on any atom is -0.395 e. The summed E-state index contributed by atoms with van der Waals surface area (Å²) in [6.45, 7) is 5.69. The molecule has 0 spiro atoms. The van der Waals surface area contributed by atoms with Gasteiger partial charge in [-0.1, -0.05) is 13.8 Å². The highest BCUT2D eigenvalue weighted by Crippen LogP contribution is 2.18. The van der Waals surface area contributed by atoms with Crippen molar-refractivity contribution in [3.8, 4) is 0 Å². The third kappa shape index (κ3) is 3.98. The summed E-state index contributed by atoms with van der Waals surface area (Å²) in [7, 11) is 0. The molecule has 2 N–H and O–H groups in total. The molecule has 0 aliphatic rings. The first kappa shape index (κ1) is 13.9. The molecule has 0 aromatic carbocycles. The van der Waals surface area contributed by atoms with Crippen LogP contribution in [0, 0.1) is 0 Å². The largest absolute Gasteiger partial charge is 0.395 e. The van der Waals surface area contributed by atoms with E-state index in [-0.39, 0.29) is 6.61 Å². The molecule has 1 heterocycles. The number of aromatic nitrogens is 1. The summed E-state index contributed by atoms with van der Waals surface area (Å²) in [4.78, 5) is 6.35. The van der Waals surface area contributed by atoms with Gasteiger partial charge in [-0.05, 0) is 25.0 Å². The Morgan fingerprint density at radius 2 is 2.06 bits per heavy atom. The number of aliphatic hydroxyl groups excluding tert-OH is 2. The normalized spacial score (nSPS) is 12.5. The zero-order valence-corrected chi connectivity index (χ0v) is 10.6. The summed E-state index contributed by atoms with van der Waals surface area (Å²) < 4.78 is 0. The highest BCUT2D eigenvalue weighted by Gasteiger charge is 2.08. The van der Waals surface area contributed by atoms with Gasteiger partial charge >= 0.3 is 0 Å². The van der Waals surface area contributed by atoms with Gasteiger partial charge in [0.15, 0.2) is 0 Å². The molecule has 0 aliphatic carbocycles. The lowest BCUT2D eigenvalue weighted by Gasteiger charge is -2.23. The predicted octanol–water partition coefficient (Wildman–Crippen LogP) is 1.73. The van der Waals surface area contributed by atoms with Gasteiger partial charge in [-0.3, -0.25) is 4.98 Å². The second-order valence-corrected chi connectivity index (χ2v) is 4.08. The van der Waals surface area contributed by atoms with Crippen molar-refractivity contribution in [1.29, 1.82) is 0 Å². The van der Waals surface area contributed by atoms with Crippen LogP contribution in [0.2, 0.25) is 0 Å². The Kier molecular flexibility index (Phi) is 5.94. The van der Waals surface area contributed by atoms with Gasteiger partial charge in [0.1, 0.15) is 0 Å². The van der Waals surface area contributed by atoms with Gasteiger partial charge in [0.05, 0.1) is 30.3 Å². The van der Waals surface area contributed by atoms with Crippen molar-refractivity contribution in [2.24, 2.45) is 0 Å². The van der Waals surface area contributed by atoms with Gasteiger partial charge in [-0.15, -0.1) is 0 Å². The molecule has 0 saturated carbocycles. The Morgan fingerprint density at radius 1 is 1.29 bits per heavy atom. The van der Waals surface area contributed by atoms with Gasteiger partial charge in [0, 0.05) is 13.1 Å². The zero-order chi connectivity index (χ0) is 12.7. The van der Waals surface area contributed by atoms with E-state index in [0.717, 1.165) is 18.7 Å². The van der Waals surface area contributed by atoms with Crippen molar-refractivity contribution in [2.75, 3.05) is 24.6 Å². The first-order chi connectivity index (χ1) is 8.22. The Hall–Kier alpha value is -1.13. The second-order valence-electron chi connectivity index (χ2n) is 4.08. The average Bonchev–Trinajstić information content (AvgIpc) is 2.38. The Labute approximate surface area is 103 Å². The Bertz CT molecular complexity index is 308. The van der Waals surface area contributed by atoms with E-state index in [4.69, 9.17) is 5.11 Å². The van der Waals surface area contributed by atoms with Gasteiger partial charge in [0.25, 0.3) is 0 Å². The lowest BCUT2D eigenvalue weighted by atomic mass is 10.2. The highest BCUT2D eigenvalue weighted by atomic mass is 16.3. The van der Waals surface area contributed by atoms with E-state index in [1.54, 1.807) is 6.20 Å². The first-order valence-corrected chi connectivity index (χ1v) is 6.22. The fourth-order valence-electron chi connectivity index (χ4n) is 1.75. The summed E-state index contributed by atoms with van der Waals surface area (Å²) in [6, 6.07) is 3.80. The van der Waals surface area contributed by atoms with Crippen molar-refractivity contribution < 1.29 is 10.2 Å². The van der Waals surface area contributed by atoms with Crippen LogP contribution in [0.15, 0.2) is 18.3 Å². The molecular formula is C13H22N2O2. The second kappa shape index (κ2) is 7.25. The van der Waals surface area contributed by atoms with Crippen LogP contribution in [0.5, 0.6) is 0 Å². The molecule has 96 valence electrons. The summed E-state index contributed by atoms with van der Waals surface area (Å²) >= 11 is 0. The molecule has 17 heavy (non-hydrogen) atoms. The van der Waals surface area contributed by atoms with Crippen LogP contribution in [0.25, 0.3) is 0 Å². The summed E-state index contributed by atoms with van der Waals surface area (Å²) in [5.74, 6) is 0. The average molecular weight is 238 g/mol. The third-order valence-corrected chi connectivity index (χ3v) is 2.73. The number of hydrogen-bond acceptors (Lipinski definition) is 4. The molecule has 1 aromatic heterocycles. The highest BCUT2D eigenvalue weighted by molar-refractivity contribution is 5.44. The van der Waals surface area contributed by atoms with E-state index < -0.39 is 6.10 Å². The molecule has 1 atom stereocenters. The van der Waals surface area contributed by atoms with Crippen LogP contribution in [-0.2, 0) is 0 Å². The molecule has 1 rings (SSSR count). The van der Waals surface area contributed by atoms with E-state index in [0.29, 0.717) is 18.7 Å². The molecule has 0 saturated heterocycles. The lowest BCUT2D eigenvalue weighted by molar-refractivity contribution is 0.169. The topological polar surface area (TPSA) is 56.6 Å². The Balaban J connectivity index is 2.76. The van der Waals surface area contributed by atoms with Gasteiger partial charge < -0.3 is 15.1 Å². The molecule has 0 bridgehead atoms. The van der Waals surface area contributed by atoms with Gasteiger partial charge in [0.2, 0.25) is 0 Å². The van der Waals surface area contributed by atoms with E-state index in [2.05, 4.69) is 16.8 Å². The standard InChI is InChI=1S/C13H22N2O2/c1-3-7-15(8-9-16)11-5-6-12(14-10-11)13(17)4-2/h5-6,10,13,16-17H,3-4,7-9H2,1-2H3/t13-/m1/s1. The molecule has 0 unspecified atom stereocenters. The quantitative estimate of drug-likeness (QED) is 0.759. The first-order valence-electron chi connectivity index (χ1n) is 6.22. The lowest BCUT2D eigenvalue weighted by Crippen LogP contribution is -2.27. The van der Waals surface area contributed by atoms with Crippen molar-refractivity contribution >= 4 is 5.69 Å². The maximum absolute atomic E-state index is 9.65. The van der Waals surface area contributed by atoms with Crippen LogP contribution >= 0.6 is 0 Å². The molecule has 0 fully saturated rings. The molecule has 0 aliphatic heterocycles. The monoisotopic (exact) mass is 238 g/mol. The Morgan fingerprint density at radius 3 is 2.53 bits per heavy atom. The van der Waals surface area contributed by atoms with E-state index in [1.807, 2.05) is 19.1 Å². The smallest absolute Gasteiger partial charge is 0.0957 e. The molecule has 4 heteroatoms. The number of hydrogen-bond donors (Lipinski definition) is 2. The van der Waals surface area contributed by atoms with E-state index in [1.165, 1.54) is 0 Å². The minimum atomic E-state index is -0.485. The van der Waals surface area contributed by atoms with Crippen LogP contribution < -0.4 is 4.90 Å². The maximum atomic E-state index is 9.65. The number of nitrogens with zero attached hydrogens (tertiary/aromatic N) is 2. The van der Waals surface area contributed by atoms with E-state index >= 15 is 0 Å². The number of anilines is 1. The fourth-order valence-corrected chi connectivity index (χ4v) is 1.75. The maximum Gasteiger partial charge on any atom is 0.0957 e. The summed E-state index contributed by atoms with van der Waals surface area (Å²) in [5, 5.41) is 18.7. The van der Waals surface area contributed by atoms with Crippen LogP contribution in [0.4, 0.5) is 5.69 Å². The van der Waals surface area contributed by atoms with Crippen molar-refractivity contribution in [3.63, 3.8) is 0 Å². The predicted molar refractivity (Wildman–Crippen MR) is 69.1 cm³/mol. The van der Waals surface area contributed by atoms with Crippen molar-refractivity contribution in [3.05, 3.63) is 24.0 Å². The van der Waals surface area contributed by atoms with Crippen LogP contribution in [0.1, 0.15) is 38.5 Å². The van der Waals surface area contributed by atoms with Gasteiger partial charge in [-0.25, -0.2) is 0 Å². The molecule has 0 radical (unpaired) electrons. The van der Waals surface area contributed by atoms with E-state index in [9.17, 15) is 5.11 Å². The fraction of sp³-hybridized carbons (Fsp3) is 0.615.